The van der Waals surface area contributed by atoms with Gasteiger partial charge in [-0.3, -0.25) is 0 Å². The van der Waals surface area contributed by atoms with Crippen molar-refractivity contribution >= 4 is 26.1 Å². The van der Waals surface area contributed by atoms with Gasteiger partial charge in [0.2, 0.25) is 0 Å². The molecule has 0 rings (SSSR count). The molecule has 20 valence electrons. The zero-order chi connectivity index (χ0) is 3.58. The molecule has 3 nitrogen and oxygen atoms in total. The van der Waals surface area contributed by atoms with Crippen LogP contribution in [0.4, 0.5) is 0 Å². The van der Waals surface area contributed by atoms with Crippen LogP contribution >= 0.6 is 0 Å². The van der Waals surface area contributed by atoms with E-state index in [1.807, 2.05) is 0 Å². The predicted octanol–water partition coefficient (Wildman–Crippen LogP) is -0.653. The average molecular weight is 250 g/mol. The fraction of sp³-hybridized carbons (Fsp3) is 0. The fourth-order valence-electron chi connectivity index (χ4n) is 0. The maximum atomic E-state index is 8.88. The van der Waals surface area contributed by atoms with Crippen molar-refractivity contribution < 1.29 is 2.73 Å². The Hall–Kier alpha value is 0.322. The van der Waals surface area contributed by atoms with E-state index in [1.165, 1.54) is 0 Å². The van der Waals surface area contributed by atoms with Crippen LogP contribution in [-0.4, -0.2) is 28.8 Å². The standard InChI is InChI=1S/NO2.Tl/c2-1-3;. The summed E-state index contributed by atoms with van der Waals surface area (Å²) in [5.41, 5.74) is 0. The Bertz CT molecular complexity index is 29.0. The maximum absolute atomic E-state index is 8.88. The van der Waals surface area contributed by atoms with Crippen LogP contribution in [0.15, 0.2) is 0 Å². The van der Waals surface area contributed by atoms with Gasteiger partial charge in [-0.05, 0) is 0 Å². The van der Waals surface area contributed by atoms with Crippen LogP contribution in [0.1, 0.15) is 0 Å². The molecule has 0 saturated heterocycles. The van der Waals surface area contributed by atoms with Crippen molar-refractivity contribution in [1.29, 1.82) is 0 Å². The fourth-order valence-corrected chi connectivity index (χ4v) is 0. The second kappa shape index (κ2) is 1.62. The molecule has 0 aliphatic rings. The molecule has 0 unspecified atom stereocenters. The summed E-state index contributed by atoms with van der Waals surface area (Å²) in [7, 11) is 0. The van der Waals surface area contributed by atoms with Crippen LogP contribution in [0.25, 0.3) is 0 Å². The van der Waals surface area contributed by atoms with E-state index >= 15 is 0 Å². The van der Waals surface area contributed by atoms with Crippen molar-refractivity contribution in [3.63, 3.8) is 0 Å². The second-order valence-corrected chi connectivity index (χ2v) is 1.92. The SMILES string of the molecule is O=[N+]([O-])[Tl]. The third-order valence-corrected chi connectivity index (χ3v) is 0. The predicted molar refractivity (Wildman–Crippen MR) is 12.7 cm³/mol. The Kier molecular flexibility index (Phi) is 1.75. The molecular weight excluding hydrogens is 250 g/mol. The van der Waals surface area contributed by atoms with Gasteiger partial charge in [0.1, 0.15) is 0 Å². The number of rotatable bonds is 0. The van der Waals surface area contributed by atoms with Crippen molar-refractivity contribution in [2.45, 2.75) is 0 Å². The van der Waals surface area contributed by atoms with Gasteiger partial charge in [-0.15, -0.1) is 0 Å². The quantitative estimate of drug-likeness (QED) is 0.326. The van der Waals surface area contributed by atoms with E-state index in [-0.39, 0.29) is 28.8 Å². The van der Waals surface area contributed by atoms with Gasteiger partial charge in [-0.1, -0.05) is 0 Å². The molecule has 0 spiro atoms. The summed E-state index contributed by atoms with van der Waals surface area (Å²) < 4.78 is -0.333. The zero-order valence-electron chi connectivity index (χ0n) is 1.84. The Morgan fingerprint density at radius 1 is 2.00 bits per heavy atom. The van der Waals surface area contributed by atoms with Crippen molar-refractivity contribution in [2.24, 2.45) is 0 Å². The number of nitro groups is 1. The van der Waals surface area contributed by atoms with Gasteiger partial charge >= 0.3 is 38.9 Å². The monoisotopic (exact) mass is 251 g/mol. The average Bonchev–Trinajstić information content (AvgIpc) is 0.811. The first-order valence-electron chi connectivity index (χ1n) is 0.623. The number of hydrogen-bond acceptors (Lipinski definition) is 2. The van der Waals surface area contributed by atoms with E-state index in [1.54, 1.807) is 0 Å². The minimum atomic E-state index is -0.333. The second-order valence-electron chi connectivity index (χ2n) is 0.285. The van der Waals surface area contributed by atoms with Crippen molar-refractivity contribution in [1.82, 2.24) is 0 Å². The summed E-state index contributed by atoms with van der Waals surface area (Å²) in [5.74, 6) is 0. The molecule has 4 heteroatoms. The van der Waals surface area contributed by atoms with E-state index < -0.39 is 0 Å². The first-order chi connectivity index (χ1) is 1.73. The van der Waals surface area contributed by atoms with E-state index in [9.17, 15) is 0 Å². The van der Waals surface area contributed by atoms with Crippen LogP contribution in [0.3, 0.4) is 0 Å². The molecule has 0 fully saturated rings. The Balaban J connectivity index is 2.80. The van der Waals surface area contributed by atoms with Gasteiger partial charge in [-0.2, -0.15) is 0 Å². The summed E-state index contributed by atoms with van der Waals surface area (Å²) in [4.78, 5) is 8.88. The summed E-state index contributed by atoms with van der Waals surface area (Å²) in [6, 6.07) is 0. The van der Waals surface area contributed by atoms with E-state index in [2.05, 4.69) is 0 Å². The van der Waals surface area contributed by atoms with Crippen molar-refractivity contribution in [3.8, 4) is 0 Å². The Morgan fingerprint density at radius 3 is 2.00 bits per heavy atom. The summed E-state index contributed by atoms with van der Waals surface area (Å²) in [5, 5.41) is 8.88. The molecule has 0 aromatic carbocycles. The summed E-state index contributed by atoms with van der Waals surface area (Å²) in [6.45, 7) is 0. The van der Waals surface area contributed by atoms with Crippen LogP contribution in [0.2, 0.25) is 0 Å². The van der Waals surface area contributed by atoms with Crippen LogP contribution < -0.4 is 0 Å². The van der Waals surface area contributed by atoms with E-state index in [0.29, 0.717) is 0 Å². The molecule has 0 aromatic heterocycles. The molecule has 0 saturated carbocycles. The molecule has 0 N–H and O–H groups in total. The van der Waals surface area contributed by atoms with Crippen molar-refractivity contribution in [2.75, 3.05) is 0 Å². The van der Waals surface area contributed by atoms with Crippen LogP contribution in [-0.2, 0) is 0 Å². The van der Waals surface area contributed by atoms with Gasteiger partial charge in [-0.25, -0.2) is 0 Å². The molecule has 0 aliphatic carbocycles. The molecule has 0 aromatic rings. The molecule has 0 bridgehead atoms. The summed E-state index contributed by atoms with van der Waals surface area (Å²) >= 11 is -0.0926. The molecule has 0 radical (unpaired) electrons. The van der Waals surface area contributed by atoms with Gasteiger partial charge in [0.15, 0.2) is 0 Å². The number of hydrogen-bond donors (Lipinski definition) is 0. The summed E-state index contributed by atoms with van der Waals surface area (Å²) in [6.07, 6.45) is 0. The van der Waals surface area contributed by atoms with Crippen molar-refractivity contribution in [3.05, 3.63) is 10.1 Å². The molecule has 0 atom stereocenters. The topological polar surface area (TPSA) is 43.1 Å². The van der Waals surface area contributed by atoms with Gasteiger partial charge in [0.25, 0.3) is 0 Å². The Labute approximate surface area is 39.3 Å². The van der Waals surface area contributed by atoms with E-state index in [4.69, 9.17) is 10.1 Å². The molecule has 0 heterocycles. The number of nitrogens with zero attached hydrogens (tertiary/aromatic N) is 1. The van der Waals surface area contributed by atoms with Gasteiger partial charge in [0.05, 0.1) is 0 Å². The van der Waals surface area contributed by atoms with Crippen LogP contribution in [0, 0.1) is 10.1 Å². The van der Waals surface area contributed by atoms with Gasteiger partial charge in [0, 0.05) is 0 Å². The normalized spacial score (nSPS) is 5.75. The minimum absolute atomic E-state index is 0.0926. The molecule has 4 heavy (non-hydrogen) atoms. The molecular formula is NO2Tl. The molecule has 0 aliphatic heterocycles. The van der Waals surface area contributed by atoms with Gasteiger partial charge < -0.3 is 0 Å². The molecule has 0 amide bonds. The van der Waals surface area contributed by atoms with E-state index in [0.717, 1.165) is 0 Å². The third kappa shape index (κ3) is 39.1. The first kappa shape index (κ1) is 4.32. The third-order valence-electron chi connectivity index (χ3n) is 0. The van der Waals surface area contributed by atoms with Crippen LogP contribution in [0.5, 0.6) is 0 Å². The first-order valence-corrected chi connectivity index (χ1v) is 2.63. The zero-order valence-corrected chi connectivity index (χ0v) is 6.33. The Morgan fingerprint density at radius 2 is 2.00 bits per heavy atom.